The van der Waals surface area contributed by atoms with Gasteiger partial charge in [-0.15, -0.1) is 24.8 Å². The van der Waals surface area contributed by atoms with E-state index in [0.717, 1.165) is 43.7 Å². The van der Waals surface area contributed by atoms with Crippen LogP contribution in [0, 0.1) is 11.7 Å². The summed E-state index contributed by atoms with van der Waals surface area (Å²) in [7, 11) is 1.86. The van der Waals surface area contributed by atoms with Gasteiger partial charge in [0, 0.05) is 45.3 Å². The zero-order valence-electron chi connectivity index (χ0n) is 15.7. The Morgan fingerprint density at radius 2 is 2.00 bits per heavy atom. The lowest BCUT2D eigenvalue weighted by atomic mass is 9.90. The molecule has 1 amide bonds. The molecule has 3 heterocycles. The Bertz CT molecular complexity index is 809. The van der Waals surface area contributed by atoms with Crippen LogP contribution in [0.4, 0.5) is 15.8 Å². The maximum absolute atomic E-state index is 14.5. The van der Waals surface area contributed by atoms with Crippen molar-refractivity contribution in [1.82, 2.24) is 15.1 Å². The predicted molar refractivity (Wildman–Crippen MR) is 113 cm³/mol. The van der Waals surface area contributed by atoms with E-state index in [4.69, 9.17) is 0 Å². The summed E-state index contributed by atoms with van der Waals surface area (Å²) in [6.45, 7) is 3.10. The first-order chi connectivity index (χ1) is 12.6. The smallest absolute Gasteiger partial charge is 0.229 e. The fourth-order valence-corrected chi connectivity index (χ4v) is 4.01. The van der Waals surface area contributed by atoms with E-state index in [1.165, 1.54) is 6.07 Å². The highest BCUT2D eigenvalue weighted by Gasteiger charge is 2.35. The lowest BCUT2D eigenvalue weighted by molar-refractivity contribution is -0.119. The summed E-state index contributed by atoms with van der Waals surface area (Å²) >= 11 is 0. The van der Waals surface area contributed by atoms with Gasteiger partial charge >= 0.3 is 0 Å². The molecule has 154 valence electrons. The molecule has 0 bridgehead atoms. The molecule has 0 saturated carbocycles. The van der Waals surface area contributed by atoms with Gasteiger partial charge in [0.15, 0.2) is 0 Å². The Balaban J connectivity index is 0.00000140. The zero-order chi connectivity index (χ0) is 18.1. The Morgan fingerprint density at radius 3 is 2.68 bits per heavy atom. The molecular weight excluding hydrogens is 404 g/mol. The van der Waals surface area contributed by atoms with Crippen molar-refractivity contribution in [1.29, 1.82) is 0 Å². The highest BCUT2D eigenvalue weighted by Crippen LogP contribution is 2.34. The maximum Gasteiger partial charge on any atom is 0.229 e. The summed E-state index contributed by atoms with van der Waals surface area (Å²) in [5.74, 6) is -0.725. The van der Waals surface area contributed by atoms with E-state index in [-0.39, 0.29) is 48.4 Å². The van der Waals surface area contributed by atoms with E-state index in [1.807, 2.05) is 19.3 Å². The predicted octanol–water partition coefficient (Wildman–Crippen LogP) is 2.94. The van der Waals surface area contributed by atoms with E-state index >= 15 is 0 Å². The van der Waals surface area contributed by atoms with Crippen molar-refractivity contribution in [3.63, 3.8) is 0 Å². The molecule has 6 nitrogen and oxygen atoms in total. The largest absolute Gasteiger partial charge is 0.370 e. The molecular formula is C19H26Cl2FN5O. The second kappa shape index (κ2) is 9.58. The Morgan fingerprint density at radius 1 is 1.25 bits per heavy atom. The lowest BCUT2D eigenvalue weighted by Crippen LogP contribution is -2.29. The van der Waals surface area contributed by atoms with Gasteiger partial charge < -0.3 is 15.5 Å². The third-order valence-electron chi connectivity index (χ3n) is 5.39. The number of amides is 1. The minimum Gasteiger partial charge on any atom is -0.370 e. The normalized spacial score (nSPS) is 21.1. The number of aryl methyl sites for hydroxylation is 1. The van der Waals surface area contributed by atoms with E-state index < -0.39 is 0 Å². The summed E-state index contributed by atoms with van der Waals surface area (Å²) in [5, 5.41) is 10.4. The number of carbonyl (C=O) groups is 1. The highest BCUT2D eigenvalue weighted by molar-refractivity contribution is 5.97. The number of para-hydroxylation sites is 1. The van der Waals surface area contributed by atoms with Gasteiger partial charge in [-0.25, -0.2) is 4.39 Å². The van der Waals surface area contributed by atoms with E-state index in [1.54, 1.807) is 16.9 Å². The van der Waals surface area contributed by atoms with E-state index in [2.05, 4.69) is 20.6 Å². The van der Waals surface area contributed by atoms with Gasteiger partial charge in [0.05, 0.1) is 17.8 Å². The first-order valence-electron chi connectivity index (χ1n) is 9.17. The van der Waals surface area contributed by atoms with Gasteiger partial charge in [-0.3, -0.25) is 9.48 Å². The van der Waals surface area contributed by atoms with E-state index in [0.29, 0.717) is 12.2 Å². The molecule has 1 aromatic carbocycles. The molecule has 0 unspecified atom stereocenters. The number of hydrogen-bond acceptors (Lipinski definition) is 4. The standard InChI is InChI=1S/C19H24FN5O.2ClH/c1-24-12-13(9-22-24)14-10-21-11-15(14)19(26)23-18-16(20)5-4-6-17(18)25-7-2-3-8-25;;/h4-6,9,12,14-15,21H,2-3,7-8,10-11H2,1H3,(H,23,26);2*1H/t14-,15+;;/m1../s1. The van der Waals surface area contributed by atoms with Gasteiger partial charge in [0.1, 0.15) is 11.5 Å². The van der Waals surface area contributed by atoms with Gasteiger partial charge in [-0.05, 0) is 30.5 Å². The third-order valence-corrected chi connectivity index (χ3v) is 5.39. The number of rotatable bonds is 4. The molecule has 4 rings (SSSR count). The summed E-state index contributed by atoms with van der Waals surface area (Å²) in [6, 6.07) is 4.99. The maximum atomic E-state index is 14.5. The molecule has 2 N–H and O–H groups in total. The van der Waals surface area contributed by atoms with Crippen LogP contribution in [0.5, 0.6) is 0 Å². The molecule has 9 heteroatoms. The molecule has 2 aromatic rings. The van der Waals surface area contributed by atoms with Gasteiger partial charge in [0.2, 0.25) is 5.91 Å². The minimum atomic E-state index is -0.383. The SMILES string of the molecule is Cl.Cl.Cn1cc([C@H]2CNC[C@@H]2C(=O)Nc2c(F)cccc2N2CCCC2)cn1. The molecule has 28 heavy (non-hydrogen) atoms. The molecule has 2 fully saturated rings. The number of aromatic nitrogens is 2. The van der Waals surface area contributed by atoms with Crippen molar-refractivity contribution in [2.45, 2.75) is 18.8 Å². The molecule has 2 saturated heterocycles. The van der Waals surface area contributed by atoms with Crippen molar-refractivity contribution >= 4 is 42.1 Å². The number of carbonyl (C=O) groups excluding carboxylic acids is 1. The second-order valence-corrected chi connectivity index (χ2v) is 7.14. The van der Waals surface area contributed by atoms with Crippen LogP contribution in [0.15, 0.2) is 30.6 Å². The van der Waals surface area contributed by atoms with Crippen LogP contribution in [-0.4, -0.2) is 41.9 Å². The van der Waals surface area contributed by atoms with Crippen LogP contribution < -0.4 is 15.5 Å². The quantitative estimate of drug-likeness (QED) is 0.783. The Hall–Kier alpha value is -1.83. The summed E-state index contributed by atoms with van der Waals surface area (Å²) in [6.07, 6.45) is 5.94. The molecule has 2 aliphatic heterocycles. The van der Waals surface area contributed by atoms with Crippen LogP contribution in [-0.2, 0) is 11.8 Å². The lowest BCUT2D eigenvalue weighted by Gasteiger charge is -2.23. The number of nitrogens with one attached hydrogen (secondary N) is 2. The number of benzene rings is 1. The fourth-order valence-electron chi connectivity index (χ4n) is 4.01. The molecule has 2 atom stereocenters. The van der Waals surface area contributed by atoms with Crippen LogP contribution in [0.2, 0.25) is 0 Å². The average molecular weight is 430 g/mol. The van der Waals surface area contributed by atoms with Crippen LogP contribution >= 0.6 is 24.8 Å². The van der Waals surface area contributed by atoms with Gasteiger partial charge in [-0.1, -0.05) is 6.07 Å². The average Bonchev–Trinajstić information content (AvgIpc) is 3.37. The minimum absolute atomic E-state index is 0. The number of hydrogen-bond donors (Lipinski definition) is 2. The molecule has 0 aliphatic carbocycles. The first-order valence-corrected chi connectivity index (χ1v) is 9.17. The van der Waals surface area contributed by atoms with Crippen molar-refractivity contribution < 1.29 is 9.18 Å². The zero-order valence-corrected chi connectivity index (χ0v) is 17.4. The molecule has 0 spiro atoms. The Kier molecular flexibility index (Phi) is 7.69. The molecule has 2 aliphatic rings. The van der Waals surface area contributed by atoms with Gasteiger partial charge in [0.25, 0.3) is 0 Å². The van der Waals surface area contributed by atoms with Crippen LogP contribution in [0.3, 0.4) is 0 Å². The fraction of sp³-hybridized carbons (Fsp3) is 0.474. The topological polar surface area (TPSA) is 62.2 Å². The number of halogens is 3. The number of anilines is 2. The molecule has 1 aromatic heterocycles. The van der Waals surface area contributed by atoms with Crippen LogP contribution in [0.1, 0.15) is 24.3 Å². The first kappa shape index (κ1) is 22.5. The monoisotopic (exact) mass is 429 g/mol. The number of nitrogens with zero attached hydrogens (tertiary/aromatic N) is 3. The van der Waals surface area contributed by atoms with Crippen molar-refractivity contribution in [3.8, 4) is 0 Å². The van der Waals surface area contributed by atoms with Crippen LogP contribution in [0.25, 0.3) is 0 Å². The second-order valence-electron chi connectivity index (χ2n) is 7.14. The summed E-state index contributed by atoms with van der Waals surface area (Å²) < 4.78 is 16.2. The van der Waals surface area contributed by atoms with Crippen molar-refractivity contribution in [3.05, 3.63) is 42.0 Å². The van der Waals surface area contributed by atoms with Gasteiger partial charge in [-0.2, -0.15) is 5.10 Å². The van der Waals surface area contributed by atoms with E-state index in [9.17, 15) is 9.18 Å². The highest BCUT2D eigenvalue weighted by atomic mass is 35.5. The molecule has 0 radical (unpaired) electrons. The summed E-state index contributed by atoms with van der Waals surface area (Å²) in [4.78, 5) is 15.1. The Labute approximate surface area is 176 Å². The third kappa shape index (κ3) is 4.42. The van der Waals surface area contributed by atoms with Crippen molar-refractivity contribution in [2.24, 2.45) is 13.0 Å². The summed E-state index contributed by atoms with van der Waals surface area (Å²) in [5.41, 5.74) is 2.11. The van der Waals surface area contributed by atoms with Crippen molar-refractivity contribution in [2.75, 3.05) is 36.4 Å².